The standard InChI is InChI=1S/C16H22N2O3/c1-2-5-15(19)18-11-16(12-18)13(7-9-21-16)10-20-14-6-3-4-8-17-14/h3-4,6,8,13H,2,5,7,9-12H2,1H3/t13-/m1/s1. The highest BCUT2D eigenvalue weighted by molar-refractivity contribution is 5.77. The van der Waals surface area contributed by atoms with Crippen LogP contribution in [0.4, 0.5) is 0 Å². The number of likely N-dealkylation sites (tertiary alicyclic amines) is 1. The maximum atomic E-state index is 11.9. The zero-order valence-electron chi connectivity index (χ0n) is 12.5. The number of nitrogens with zero attached hydrogens (tertiary/aromatic N) is 2. The van der Waals surface area contributed by atoms with Crippen molar-refractivity contribution in [2.45, 2.75) is 31.8 Å². The SMILES string of the molecule is CCCC(=O)N1CC2(C1)OCC[C@@H]2COc1ccccn1. The van der Waals surface area contributed by atoms with Gasteiger partial charge in [-0.3, -0.25) is 4.79 Å². The minimum Gasteiger partial charge on any atom is -0.477 e. The van der Waals surface area contributed by atoms with E-state index in [0.717, 1.165) is 19.4 Å². The predicted octanol–water partition coefficient (Wildman–Crippen LogP) is 1.88. The lowest BCUT2D eigenvalue weighted by molar-refractivity contribution is -0.167. The summed E-state index contributed by atoms with van der Waals surface area (Å²) in [6.07, 6.45) is 4.24. The number of hydrogen-bond acceptors (Lipinski definition) is 4. The number of hydrogen-bond donors (Lipinski definition) is 0. The third-order valence-electron chi connectivity index (χ3n) is 4.40. The first kappa shape index (κ1) is 14.3. The van der Waals surface area contributed by atoms with Gasteiger partial charge in [0.05, 0.1) is 19.7 Å². The number of pyridine rings is 1. The van der Waals surface area contributed by atoms with Gasteiger partial charge in [0.2, 0.25) is 11.8 Å². The van der Waals surface area contributed by atoms with Gasteiger partial charge < -0.3 is 14.4 Å². The average Bonchev–Trinajstić information content (AvgIpc) is 2.88. The number of carbonyl (C=O) groups is 1. The van der Waals surface area contributed by atoms with Crippen molar-refractivity contribution in [1.82, 2.24) is 9.88 Å². The van der Waals surface area contributed by atoms with Crippen LogP contribution in [-0.4, -0.2) is 47.7 Å². The normalized spacial score (nSPS) is 23.1. The first-order valence-electron chi connectivity index (χ1n) is 7.69. The first-order chi connectivity index (χ1) is 10.2. The molecule has 0 radical (unpaired) electrons. The van der Waals surface area contributed by atoms with Crippen molar-refractivity contribution < 1.29 is 14.3 Å². The molecule has 114 valence electrons. The fraction of sp³-hybridized carbons (Fsp3) is 0.625. The maximum absolute atomic E-state index is 11.9. The molecule has 0 aromatic carbocycles. The highest BCUT2D eigenvalue weighted by Gasteiger charge is 2.54. The zero-order valence-corrected chi connectivity index (χ0v) is 12.5. The molecule has 0 aliphatic carbocycles. The second-order valence-electron chi connectivity index (χ2n) is 5.88. The summed E-state index contributed by atoms with van der Waals surface area (Å²) in [6.45, 7) is 4.81. The van der Waals surface area contributed by atoms with Crippen LogP contribution in [0, 0.1) is 5.92 Å². The lowest BCUT2D eigenvalue weighted by Crippen LogP contribution is -2.66. The maximum Gasteiger partial charge on any atom is 0.222 e. The zero-order chi connectivity index (χ0) is 14.7. The topological polar surface area (TPSA) is 51.7 Å². The molecule has 0 saturated carbocycles. The molecule has 0 N–H and O–H groups in total. The fourth-order valence-corrected chi connectivity index (χ4v) is 3.14. The summed E-state index contributed by atoms with van der Waals surface area (Å²) in [5.41, 5.74) is -0.182. The van der Waals surface area contributed by atoms with Crippen LogP contribution in [0.25, 0.3) is 0 Å². The molecule has 3 heterocycles. The van der Waals surface area contributed by atoms with E-state index >= 15 is 0 Å². The Labute approximate surface area is 125 Å². The van der Waals surface area contributed by atoms with Crippen molar-refractivity contribution >= 4 is 5.91 Å². The van der Waals surface area contributed by atoms with Gasteiger partial charge in [-0.15, -0.1) is 0 Å². The summed E-state index contributed by atoms with van der Waals surface area (Å²) in [5, 5.41) is 0. The second-order valence-corrected chi connectivity index (χ2v) is 5.88. The van der Waals surface area contributed by atoms with Crippen molar-refractivity contribution in [3.8, 4) is 5.88 Å². The number of ether oxygens (including phenoxy) is 2. The van der Waals surface area contributed by atoms with Gasteiger partial charge in [-0.05, 0) is 18.9 Å². The van der Waals surface area contributed by atoms with E-state index in [1.807, 2.05) is 30.0 Å². The summed E-state index contributed by atoms with van der Waals surface area (Å²) < 4.78 is 11.7. The molecule has 1 amide bonds. The van der Waals surface area contributed by atoms with E-state index in [4.69, 9.17) is 9.47 Å². The van der Waals surface area contributed by atoms with Gasteiger partial charge in [0.1, 0.15) is 5.60 Å². The lowest BCUT2D eigenvalue weighted by atomic mass is 9.81. The van der Waals surface area contributed by atoms with Crippen molar-refractivity contribution in [3.63, 3.8) is 0 Å². The smallest absolute Gasteiger partial charge is 0.222 e. The Morgan fingerprint density at radius 1 is 1.52 bits per heavy atom. The minimum atomic E-state index is -0.182. The minimum absolute atomic E-state index is 0.182. The summed E-state index contributed by atoms with van der Waals surface area (Å²) >= 11 is 0. The molecule has 2 fully saturated rings. The molecule has 5 heteroatoms. The molecular weight excluding hydrogens is 268 g/mol. The highest BCUT2D eigenvalue weighted by atomic mass is 16.5. The van der Waals surface area contributed by atoms with Crippen LogP contribution in [0.1, 0.15) is 26.2 Å². The van der Waals surface area contributed by atoms with Gasteiger partial charge in [-0.1, -0.05) is 13.0 Å². The molecule has 1 spiro atoms. The molecule has 1 aromatic heterocycles. The molecule has 0 bridgehead atoms. The molecule has 1 aromatic rings. The van der Waals surface area contributed by atoms with E-state index in [9.17, 15) is 4.79 Å². The van der Waals surface area contributed by atoms with E-state index in [1.165, 1.54) is 0 Å². The Morgan fingerprint density at radius 2 is 2.38 bits per heavy atom. The predicted molar refractivity (Wildman–Crippen MR) is 78.0 cm³/mol. The first-order valence-corrected chi connectivity index (χ1v) is 7.69. The van der Waals surface area contributed by atoms with Gasteiger partial charge in [0, 0.05) is 31.2 Å². The molecule has 2 aliphatic heterocycles. The van der Waals surface area contributed by atoms with Gasteiger partial charge in [-0.2, -0.15) is 0 Å². The largest absolute Gasteiger partial charge is 0.477 e. The van der Waals surface area contributed by atoms with Gasteiger partial charge >= 0.3 is 0 Å². The summed E-state index contributed by atoms with van der Waals surface area (Å²) in [6, 6.07) is 5.65. The Morgan fingerprint density at radius 3 is 3.10 bits per heavy atom. The highest BCUT2D eigenvalue weighted by Crippen LogP contribution is 2.40. The van der Waals surface area contributed by atoms with Crippen LogP contribution in [0.2, 0.25) is 0 Å². The number of amides is 1. The van der Waals surface area contributed by atoms with Crippen LogP contribution in [0.15, 0.2) is 24.4 Å². The Balaban J connectivity index is 1.54. The summed E-state index contributed by atoms with van der Waals surface area (Å²) in [5.74, 6) is 1.23. The Kier molecular flexibility index (Phi) is 4.10. The molecular formula is C16H22N2O3. The van der Waals surface area contributed by atoms with E-state index < -0.39 is 0 Å². The molecule has 0 unspecified atom stereocenters. The molecule has 2 aliphatic rings. The molecule has 21 heavy (non-hydrogen) atoms. The third-order valence-corrected chi connectivity index (χ3v) is 4.40. The van der Waals surface area contributed by atoms with Gasteiger partial charge in [0.15, 0.2) is 0 Å². The van der Waals surface area contributed by atoms with Gasteiger partial charge in [0.25, 0.3) is 0 Å². The summed E-state index contributed by atoms with van der Waals surface area (Å²) in [4.78, 5) is 18.0. The molecule has 1 atom stereocenters. The monoisotopic (exact) mass is 290 g/mol. The van der Waals surface area contributed by atoms with Crippen molar-refractivity contribution in [3.05, 3.63) is 24.4 Å². The quantitative estimate of drug-likeness (QED) is 0.831. The van der Waals surface area contributed by atoms with E-state index in [0.29, 0.717) is 37.9 Å². The number of rotatable bonds is 5. The fourth-order valence-electron chi connectivity index (χ4n) is 3.14. The van der Waals surface area contributed by atoms with E-state index in [-0.39, 0.29) is 11.5 Å². The third kappa shape index (κ3) is 2.88. The Hall–Kier alpha value is -1.62. The second kappa shape index (κ2) is 6.02. The van der Waals surface area contributed by atoms with Crippen molar-refractivity contribution in [2.75, 3.05) is 26.3 Å². The van der Waals surface area contributed by atoms with Crippen LogP contribution in [0.3, 0.4) is 0 Å². The van der Waals surface area contributed by atoms with Crippen LogP contribution < -0.4 is 4.74 Å². The van der Waals surface area contributed by atoms with E-state index in [2.05, 4.69) is 4.98 Å². The molecule has 5 nitrogen and oxygen atoms in total. The van der Waals surface area contributed by atoms with Gasteiger partial charge in [-0.25, -0.2) is 4.98 Å². The lowest BCUT2D eigenvalue weighted by Gasteiger charge is -2.50. The van der Waals surface area contributed by atoms with Crippen molar-refractivity contribution in [2.24, 2.45) is 5.92 Å². The van der Waals surface area contributed by atoms with E-state index in [1.54, 1.807) is 6.20 Å². The average molecular weight is 290 g/mol. The van der Waals surface area contributed by atoms with Crippen molar-refractivity contribution in [1.29, 1.82) is 0 Å². The number of aromatic nitrogens is 1. The number of carbonyl (C=O) groups excluding carboxylic acids is 1. The molecule has 3 rings (SSSR count). The Bertz CT molecular complexity index is 486. The van der Waals surface area contributed by atoms with Crippen LogP contribution >= 0.6 is 0 Å². The van der Waals surface area contributed by atoms with Crippen LogP contribution in [0.5, 0.6) is 5.88 Å². The summed E-state index contributed by atoms with van der Waals surface area (Å²) in [7, 11) is 0. The molecule has 2 saturated heterocycles. The van der Waals surface area contributed by atoms with Crippen LogP contribution in [-0.2, 0) is 9.53 Å².